The molecule has 0 spiro atoms. The summed E-state index contributed by atoms with van der Waals surface area (Å²) >= 11 is 0. The lowest BCUT2D eigenvalue weighted by Crippen LogP contribution is -2.34. The zero-order valence-corrected chi connectivity index (χ0v) is 16.7. The lowest BCUT2D eigenvalue weighted by molar-refractivity contribution is 0.394. The van der Waals surface area contributed by atoms with E-state index in [1.54, 1.807) is 14.2 Å². The van der Waals surface area contributed by atoms with E-state index >= 15 is 0 Å². The smallest absolute Gasteiger partial charge is 0.188 e. The summed E-state index contributed by atoms with van der Waals surface area (Å²) in [4.78, 5) is 6.89. The minimum Gasteiger partial charge on any atom is -0.497 e. The Kier molecular flexibility index (Phi) is 7.00. The van der Waals surface area contributed by atoms with E-state index in [-0.39, 0.29) is 0 Å². The van der Waals surface area contributed by atoms with Gasteiger partial charge in [0.25, 0.3) is 0 Å². The van der Waals surface area contributed by atoms with Crippen LogP contribution in [0.15, 0.2) is 53.5 Å². The molecule has 6 heteroatoms. The highest BCUT2D eigenvalue weighted by Gasteiger charge is 2.23. The number of nitrogens with one attached hydrogen (secondary N) is 1. The first kappa shape index (κ1) is 19.9. The summed E-state index contributed by atoms with van der Waals surface area (Å²) in [6, 6.07) is 16.4. The van der Waals surface area contributed by atoms with E-state index in [2.05, 4.69) is 39.5 Å². The molecule has 3 rings (SSSR count). The Hall–Kier alpha value is -2.89. The van der Waals surface area contributed by atoms with Crippen LogP contribution < -0.4 is 25.4 Å². The molecule has 3 N–H and O–H groups in total. The molecule has 0 amide bonds. The monoisotopic (exact) mass is 382 g/mol. The third kappa shape index (κ3) is 5.55. The SMILES string of the molecule is COc1cc(OC)cc(N2CCC(CN=C(N)NCCc3ccccc3)C2)c1. The summed E-state index contributed by atoms with van der Waals surface area (Å²) in [5.74, 6) is 2.63. The average Bonchev–Trinajstić information content (AvgIpc) is 3.22. The van der Waals surface area contributed by atoms with E-state index < -0.39 is 0 Å². The molecular weight excluding hydrogens is 352 g/mol. The molecule has 1 saturated heterocycles. The molecule has 2 aromatic carbocycles. The number of nitrogens with zero attached hydrogens (tertiary/aromatic N) is 2. The second kappa shape index (κ2) is 9.88. The molecule has 28 heavy (non-hydrogen) atoms. The van der Waals surface area contributed by atoms with Crippen LogP contribution in [0.5, 0.6) is 11.5 Å². The molecule has 1 fully saturated rings. The van der Waals surface area contributed by atoms with E-state index in [9.17, 15) is 0 Å². The summed E-state index contributed by atoms with van der Waals surface area (Å²) in [5, 5.41) is 3.21. The Bertz CT molecular complexity index is 757. The van der Waals surface area contributed by atoms with Crippen LogP contribution in [0.4, 0.5) is 5.69 Å². The molecule has 150 valence electrons. The fourth-order valence-electron chi connectivity index (χ4n) is 3.45. The zero-order valence-electron chi connectivity index (χ0n) is 16.7. The summed E-state index contributed by atoms with van der Waals surface area (Å²) in [5.41, 5.74) is 8.45. The maximum absolute atomic E-state index is 6.03. The van der Waals surface area contributed by atoms with Crippen molar-refractivity contribution in [2.24, 2.45) is 16.6 Å². The lowest BCUT2D eigenvalue weighted by atomic mass is 10.1. The number of anilines is 1. The fourth-order valence-corrected chi connectivity index (χ4v) is 3.45. The highest BCUT2D eigenvalue weighted by Crippen LogP contribution is 2.31. The van der Waals surface area contributed by atoms with Gasteiger partial charge in [0.2, 0.25) is 0 Å². The molecular formula is C22H30N4O2. The van der Waals surface area contributed by atoms with E-state index in [4.69, 9.17) is 15.2 Å². The Labute approximate surface area is 167 Å². The normalized spacial score (nSPS) is 16.9. The fraction of sp³-hybridized carbons (Fsp3) is 0.409. The third-order valence-electron chi connectivity index (χ3n) is 5.07. The van der Waals surface area contributed by atoms with Crippen LogP contribution in [0.2, 0.25) is 0 Å². The average molecular weight is 383 g/mol. The Morgan fingerprint density at radius 2 is 1.86 bits per heavy atom. The maximum Gasteiger partial charge on any atom is 0.188 e. The Balaban J connectivity index is 1.47. The van der Waals surface area contributed by atoms with Crippen molar-refractivity contribution in [1.29, 1.82) is 0 Å². The minimum atomic E-state index is 0.492. The van der Waals surface area contributed by atoms with Crippen molar-refractivity contribution in [3.05, 3.63) is 54.1 Å². The molecule has 2 aromatic rings. The van der Waals surface area contributed by atoms with Crippen molar-refractivity contribution in [2.45, 2.75) is 12.8 Å². The van der Waals surface area contributed by atoms with Crippen molar-refractivity contribution >= 4 is 11.6 Å². The number of methoxy groups -OCH3 is 2. The highest BCUT2D eigenvalue weighted by molar-refractivity contribution is 5.77. The second-order valence-corrected chi connectivity index (χ2v) is 7.06. The van der Waals surface area contributed by atoms with Gasteiger partial charge in [-0.1, -0.05) is 30.3 Å². The predicted molar refractivity (Wildman–Crippen MR) is 115 cm³/mol. The van der Waals surface area contributed by atoms with Gasteiger partial charge in [-0.25, -0.2) is 0 Å². The van der Waals surface area contributed by atoms with Crippen LogP contribution in [0, 0.1) is 5.92 Å². The van der Waals surface area contributed by atoms with Gasteiger partial charge < -0.3 is 25.4 Å². The van der Waals surface area contributed by atoms with E-state index in [1.807, 2.05) is 24.3 Å². The van der Waals surface area contributed by atoms with Crippen LogP contribution in [0.1, 0.15) is 12.0 Å². The summed E-state index contributed by atoms with van der Waals surface area (Å²) in [6.07, 6.45) is 2.03. The molecule has 1 aliphatic heterocycles. The summed E-state index contributed by atoms with van der Waals surface area (Å²) in [7, 11) is 3.35. The number of ether oxygens (including phenoxy) is 2. The van der Waals surface area contributed by atoms with Gasteiger partial charge in [-0.05, 0) is 24.3 Å². The van der Waals surface area contributed by atoms with Gasteiger partial charge in [0.1, 0.15) is 11.5 Å². The molecule has 0 aromatic heterocycles. The number of rotatable bonds is 8. The van der Waals surface area contributed by atoms with Gasteiger partial charge in [0.05, 0.1) is 14.2 Å². The third-order valence-corrected chi connectivity index (χ3v) is 5.07. The molecule has 0 aliphatic carbocycles. The largest absolute Gasteiger partial charge is 0.497 e. The standard InChI is InChI=1S/C22H30N4O2/c1-27-20-12-19(13-21(14-20)28-2)26-11-9-18(16-26)15-25-22(23)24-10-8-17-6-4-3-5-7-17/h3-7,12-14,18H,8-11,15-16H2,1-2H3,(H3,23,24,25). The van der Waals surface area contributed by atoms with Gasteiger partial charge in [0, 0.05) is 50.1 Å². The van der Waals surface area contributed by atoms with Crippen molar-refractivity contribution < 1.29 is 9.47 Å². The Morgan fingerprint density at radius 1 is 1.14 bits per heavy atom. The van der Waals surface area contributed by atoms with E-state index in [0.29, 0.717) is 11.9 Å². The minimum absolute atomic E-state index is 0.492. The highest BCUT2D eigenvalue weighted by atomic mass is 16.5. The van der Waals surface area contributed by atoms with Crippen LogP contribution in [-0.4, -0.2) is 46.4 Å². The van der Waals surface area contributed by atoms with Gasteiger partial charge in [-0.2, -0.15) is 0 Å². The van der Waals surface area contributed by atoms with Gasteiger partial charge >= 0.3 is 0 Å². The maximum atomic E-state index is 6.03. The number of guanidine groups is 1. The number of hydrogen-bond donors (Lipinski definition) is 2. The van der Waals surface area contributed by atoms with Gasteiger partial charge in [-0.15, -0.1) is 0 Å². The van der Waals surface area contributed by atoms with Crippen LogP contribution in [-0.2, 0) is 6.42 Å². The molecule has 6 nitrogen and oxygen atoms in total. The van der Waals surface area contributed by atoms with Crippen molar-refractivity contribution in [3.8, 4) is 11.5 Å². The first-order valence-corrected chi connectivity index (χ1v) is 9.73. The zero-order chi connectivity index (χ0) is 19.8. The van der Waals surface area contributed by atoms with E-state index in [0.717, 1.165) is 56.2 Å². The van der Waals surface area contributed by atoms with Crippen molar-refractivity contribution in [1.82, 2.24) is 5.32 Å². The topological polar surface area (TPSA) is 72.1 Å². The van der Waals surface area contributed by atoms with E-state index in [1.165, 1.54) is 5.56 Å². The number of hydrogen-bond acceptors (Lipinski definition) is 4. The molecule has 1 heterocycles. The number of benzene rings is 2. The number of nitrogens with two attached hydrogens (primary N) is 1. The predicted octanol–water partition coefficient (Wildman–Crippen LogP) is 2.68. The van der Waals surface area contributed by atoms with Gasteiger partial charge in [0.15, 0.2) is 5.96 Å². The molecule has 1 aliphatic rings. The summed E-state index contributed by atoms with van der Waals surface area (Å²) in [6.45, 7) is 3.48. The van der Waals surface area contributed by atoms with Crippen LogP contribution >= 0.6 is 0 Å². The first-order chi connectivity index (χ1) is 13.7. The quantitative estimate of drug-likeness (QED) is 0.543. The first-order valence-electron chi connectivity index (χ1n) is 9.73. The van der Waals surface area contributed by atoms with Crippen LogP contribution in [0.25, 0.3) is 0 Å². The molecule has 1 atom stereocenters. The Morgan fingerprint density at radius 3 is 2.54 bits per heavy atom. The molecule has 0 saturated carbocycles. The molecule has 0 radical (unpaired) electrons. The molecule has 1 unspecified atom stereocenters. The van der Waals surface area contributed by atoms with Crippen LogP contribution in [0.3, 0.4) is 0 Å². The van der Waals surface area contributed by atoms with Crippen molar-refractivity contribution in [3.63, 3.8) is 0 Å². The number of aliphatic imine (C=N–C) groups is 1. The van der Waals surface area contributed by atoms with Crippen molar-refractivity contribution in [2.75, 3.05) is 45.3 Å². The second-order valence-electron chi connectivity index (χ2n) is 7.06. The van der Waals surface area contributed by atoms with Gasteiger partial charge in [-0.3, -0.25) is 4.99 Å². The lowest BCUT2D eigenvalue weighted by Gasteiger charge is -2.20. The molecule has 0 bridgehead atoms. The summed E-state index contributed by atoms with van der Waals surface area (Å²) < 4.78 is 10.8.